The normalized spacial score (nSPS) is 13.9. The largest absolute Gasteiger partial charge is 0.507 e. The van der Waals surface area contributed by atoms with E-state index in [1.807, 2.05) is 53.2 Å². The molecule has 0 spiro atoms. The number of nitrogens with two attached hydrogens (primary N) is 3. The van der Waals surface area contributed by atoms with Crippen molar-refractivity contribution in [2.45, 2.75) is 18.9 Å². The van der Waals surface area contributed by atoms with Gasteiger partial charge < -0.3 is 16.2 Å². The van der Waals surface area contributed by atoms with Gasteiger partial charge in [-0.25, -0.2) is 19.6 Å². The quantitative estimate of drug-likeness (QED) is 0.0913. The first-order chi connectivity index (χ1) is 22.4. The Balaban J connectivity index is 1.27. The fourth-order valence-corrected chi connectivity index (χ4v) is 5.87. The average Bonchev–Trinajstić information content (AvgIpc) is 3.83. The lowest BCUT2D eigenvalue weighted by Crippen LogP contribution is -2.79. The number of pyridine rings is 2. The molecule has 0 fully saturated rings. The van der Waals surface area contributed by atoms with E-state index < -0.39 is 0 Å². The number of aryl methyl sites for hydroxylation is 1. The van der Waals surface area contributed by atoms with Gasteiger partial charge in [0.25, 0.3) is 5.91 Å². The molecule has 1 aliphatic rings. The molecule has 0 saturated carbocycles. The fraction of sp³-hybridized carbons (Fsp3) is 0.125. The number of rotatable bonds is 9. The Bertz CT molecular complexity index is 2140. The van der Waals surface area contributed by atoms with Crippen LogP contribution in [0.4, 0.5) is 11.5 Å². The number of amides is 1. The van der Waals surface area contributed by atoms with Crippen LogP contribution in [0.3, 0.4) is 0 Å². The number of nitrogens with zero attached hydrogens (tertiary/aromatic N) is 7. The number of quaternary nitrogens is 1. The minimum absolute atomic E-state index is 0.0189. The van der Waals surface area contributed by atoms with Gasteiger partial charge in [-0.05, 0) is 72.5 Å². The van der Waals surface area contributed by atoms with Gasteiger partial charge in [0.15, 0.2) is 23.6 Å². The van der Waals surface area contributed by atoms with E-state index in [-0.39, 0.29) is 35.5 Å². The van der Waals surface area contributed by atoms with Gasteiger partial charge >= 0.3 is 0 Å². The Hall–Kier alpha value is -6.28. The van der Waals surface area contributed by atoms with Crippen LogP contribution in [0, 0.1) is 0 Å². The maximum atomic E-state index is 13.5. The van der Waals surface area contributed by atoms with Crippen molar-refractivity contribution in [3.63, 3.8) is 0 Å². The predicted octanol–water partition coefficient (Wildman–Crippen LogP) is 1.55. The summed E-state index contributed by atoms with van der Waals surface area (Å²) < 4.78 is 3.65. The van der Waals surface area contributed by atoms with Crippen LogP contribution in [0.2, 0.25) is 0 Å². The Morgan fingerprint density at radius 1 is 1.15 bits per heavy atom. The Morgan fingerprint density at radius 3 is 2.83 bits per heavy atom. The average molecular weight is 616 g/mol. The summed E-state index contributed by atoms with van der Waals surface area (Å²) in [6, 6.07) is 17.8. The highest BCUT2D eigenvalue weighted by molar-refractivity contribution is 6.00. The number of carbonyl (C=O) groups excluding carboxylic acids is 2. The van der Waals surface area contributed by atoms with Gasteiger partial charge in [-0.1, -0.05) is 6.07 Å². The zero-order valence-electron chi connectivity index (χ0n) is 24.4. The van der Waals surface area contributed by atoms with Crippen molar-refractivity contribution in [3.8, 4) is 28.6 Å². The highest BCUT2D eigenvalue weighted by Crippen LogP contribution is 2.36. The number of carbonyl (C=O) groups is 2. The SMILES string of the molecule is Nc1ncccc1-c1nc2ccc(-n3cccn3)nc2n1-c1ccc2c(c1)CC[C@@H]2NC(=O)c1cc(C=O)c(O)cc1[NH2+]CN=[NH2+]. The second kappa shape index (κ2) is 11.7. The molecule has 228 valence electrons. The lowest BCUT2D eigenvalue weighted by atomic mass is 10.0. The van der Waals surface area contributed by atoms with E-state index in [2.05, 4.69) is 26.6 Å². The number of hydrogen-bond donors (Lipinski definition) is 5. The molecule has 14 heteroatoms. The van der Waals surface area contributed by atoms with Crippen molar-refractivity contribution in [3.05, 3.63) is 102 Å². The molecule has 1 atom stereocenters. The summed E-state index contributed by atoms with van der Waals surface area (Å²) in [7, 11) is 0. The van der Waals surface area contributed by atoms with Crippen molar-refractivity contribution in [2.24, 2.45) is 5.11 Å². The molecule has 0 saturated heterocycles. The Morgan fingerprint density at radius 2 is 2.04 bits per heavy atom. The number of aldehydes is 1. The zero-order valence-corrected chi connectivity index (χ0v) is 24.4. The second-order valence-electron chi connectivity index (χ2n) is 10.8. The minimum Gasteiger partial charge on any atom is -0.507 e. The van der Waals surface area contributed by atoms with Gasteiger partial charge in [0.2, 0.25) is 6.67 Å². The first-order valence-electron chi connectivity index (χ1n) is 14.5. The molecule has 4 aromatic heterocycles. The maximum absolute atomic E-state index is 13.5. The number of nitrogen functional groups attached to an aromatic ring is 1. The van der Waals surface area contributed by atoms with E-state index in [0.29, 0.717) is 52.6 Å². The molecule has 0 aliphatic heterocycles. The van der Waals surface area contributed by atoms with E-state index in [4.69, 9.17) is 21.2 Å². The first kappa shape index (κ1) is 28.5. The third-order valence-corrected chi connectivity index (χ3v) is 8.06. The van der Waals surface area contributed by atoms with Crippen LogP contribution in [-0.4, -0.2) is 53.3 Å². The van der Waals surface area contributed by atoms with Crippen LogP contribution in [0.25, 0.3) is 34.1 Å². The topological polar surface area (TPSA) is 208 Å². The van der Waals surface area contributed by atoms with Gasteiger partial charge in [-0.3, -0.25) is 19.5 Å². The number of fused-ring (bicyclic) bond motifs is 2. The number of hydrogen-bond acceptors (Lipinski definition) is 9. The lowest BCUT2D eigenvalue weighted by Gasteiger charge is -2.17. The summed E-state index contributed by atoms with van der Waals surface area (Å²) in [4.78, 5) is 39.1. The number of benzene rings is 2. The maximum Gasteiger partial charge on any atom is 0.257 e. The van der Waals surface area contributed by atoms with Crippen molar-refractivity contribution >= 4 is 34.9 Å². The number of anilines is 1. The summed E-state index contributed by atoms with van der Waals surface area (Å²) in [6.07, 6.45) is 7.06. The summed E-state index contributed by atoms with van der Waals surface area (Å²) in [5.41, 5.74) is 17.1. The molecular weight excluding hydrogens is 586 g/mol. The second-order valence-corrected chi connectivity index (χ2v) is 10.8. The third kappa shape index (κ3) is 5.01. The monoisotopic (exact) mass is 615 g/mol. The molecule has 7 rings (SSSR count). The molecule has 0 unspecified atom stereocenters. The van der Waals surface area contributed by atoms with Crippen molar-refractivity contribution in [1.82, 2.24) is 34.6 Å². The molecule has 2 aromatic carbocycles. The molecule has 4 heterocycles. The zero-order chi connectivity index (χ0) is 31.8. The number of phenolic OH excluding ortho intramolecular Hbond substituents is 1. The lowest BCUT2D eigenvalue weighted by molar-refractivity contribution is -0.581. The molecule has 8 N–H and O–H groups in total. The molecule has 46 heavy (non-hydrogen) atoms. The van der Waals surface area contributed by atoms with E-state index in [9.17, 15) is 14.7 Å². The molecule has 0 bridgehead atoms. The summed E-state index contributed by atoms with van der Waals surface area (Å²) in [5, 5.41) is 22.8. The van der Waals surface area contributed by atoms with Gasteiger partial charge in [-0.15, -0.1) is 0 Å². The van der Waals surface area contributed by atoms with Crippen LogP contribution in [-0.2, 0) is 6.42 Å². The van der Waals surface area contributed by atoms with Gasteiger partial charge in [0.1, 0.15) is 28.3 Å². The number of imidazole rings is 1. The smallest absolute Gasteiger partial charge is 0.257 e. The van der Waals surface area contributed by atoms with E-state index in [0.717, 1.165) is 23.2 Å². The van der Waals surface area contributed by atoms with E-state index in [1.165, 1.54) is 12.1 Å². The number of aromatic nitrogens is 6. The van der Waals surface area contributed by atoms with Crippen molar-refractivity contribution in [2.75, 3.05) is 12.4 Å². The molecule has 1 aliphatic carbocycles. The minimum atomic E-state index is -0.376. The number of aromatic hydroxyl groups is 1. The van der Waals surface area contributed by atoms with Crippen LogP contribution in [0.15, 0.2) is 84.4 Å². The first-order valence-corrected chi connectivity index (χ1v) is 14.5. The number of phenols is 1. The van der Waals surface area contributed by atoms with Crippen LogP contribution in [0.5, 0.6) is 5.75 Å². The van der Waals surface area contributed by atoms with Gasteiger partial charge in [0, 0.05) is 35.5 Å². The standard InChI is InChI=1S/C32H27N11O3/c33-29-22(3-1-10-35-29)30-39-25-8-9-28(42-12-2-11-38-42)41-31(25)43(30)20-5-6-21-18(13-20)4-7-24(21)40-32(46)23-14-19(16-44)27(45)15-26(23)36-17-37-34/h1-3,5-6,8-16,24,34,36,45H,4,7,17H2,(H2,33,35)(H,40,46)/p+2/t24-/m0/s1. The summed E-state index contributed by atoms with van der Waals surface area (Å²) in [6.45, 7) is 0.142. The third-order valence-electron chi connectivity index (χ3n) is 8.06. The van der Waals surface area contributed by atoms with Crippen molar-refractivity contribution < 1.29 is 25.5 Å². The van der Waals surface area contributed by atoms with Crippen LogP contribution >= 0.6 is 0 Å². The molecular formula is C32H29N11O3+2. The number of nitrogens with one attached hydrogen (secondary N) is 1. The van der Waals surface area contributed by atoms with Crippen LogP contribution < -0.4 is 21.9 Å². The predicted molar refractivity (Wildman–Crippen MR) is 166 cm³/mol. The van der Waals surface area contributed by atoms with E-state index >= 15 is 0 Å². The van der Waals surface area contributed by atoms with Gasteiger partial charge in [0.05, 0.1) is 17.2 Å². The molecule has 14 nitrogen and oxygen atoms in total. The highest BCUT2D eigenvalue weighted by atomic mass is 16.3. The molecule has 1 amide bonds. The van der Waals surface area contributed by atoms with Gasteiger partial charge in [-0.2, -0.15) is 10.6 Å². The highest BCUT2D eigenvalue weighted by Gasteiger charge is 2.28. The molecule has 6 aromatic rings. The Kier molecular flexibility index (Phi) is 7.22. The van der Waals surface area contributed by atoms with E-state index in [1.54, 1.807) is 22.4 Å². The summed E-state index contributed by atoms with van der Waals surface area (Å²) in [5.74, 6) is 0.980. The molecule has 0 radical (unpaired) electrons. The van der Waals surface area contributed by atoms with Crippen LogP contribution in [0.1, 0.15) is 44.3 Å². The fourth-order valence-electron chi connectivity index (χ4n) is 5.87. The Labute approximate surface area is 261 Å². The van der Waals surface area contributed by atoms with Crippen molar-refractivity contribution in [1.29, 1.82) is 0 Å². The summed E-state index contributed by atoms with van der Waals surface area (Å²) >= 11 is 0.